The summed E-state index contributed by atoms with van der Waals surface area (Å²) < 4.78 is 5.29. The van der Waals surface area contributed by atoms with Crippen molar-refractivity contribution in [3.8, 4) is 5.75 Å². The van der Waals surface area contributed by atoms with Gasteiger partial charge in [-0.25, -0.2) is 4.99 Å². The number of amidine groups is 1. The van der Waals surface area contributed by atoms with E-state index in [4.69, 9.17) is 9.73 Å². The number of aliphatic imine (C=N–C) groups is 1. The molecule has 1 atom stereocenters. The third-order valence-corrected chi connectivity index (χ3v) is 4.51. The molecule has 0 bridgehead atoms. The van der Waals surface area contributed by atoms with Crippen LogP contribution in [0.3, 0.4) is 0 Å². The fourth-order valence-electron chi connectivity index (χ4n) is 3.19. The predicted octanol–water partition coefficient (Wildman–Crippen LogP) is 5.38. The molecule has 0 amide bonds. The summed E-state index contributed by atoms with van der Waals surface area (Å²) in [6.07, 6.45) is 0.935. The van der Waals surface area contributed by atoms with Gasteiger partial charge in [-0.2, -0.15) is 0 Å². The summed E-state index contributed by atoms with van der Waals surface area (Å²) >= 11 is 0. The van der Waals surface area contributed by atoms with Gasteiger partial charge in [0.05, 0.1) is 18.8 Å². The van der Waals surface area contributed by atoms with Crippen LogP contribution in [0.4, 0.5) is 11.4 Å². The van der Waals surface area contributed by atoms with Crippen LogP contribution in [0.15, 0.2) is 89.9 Å². The zero-order valence-corrected chi connectivity index (χ0v) is 14.2. The number of rotatable bonds is 4. The van der Waals surface area contributed by atoms with Gasteiger partial charge in [-0.05, 0) is 42.0 Å². The van der Waals surface area contributed by atoms with Crippen LogP contribution in [0.2, 0.25) is 0 Å². The zero-order valence-electron chi connectivity index (χ0n) is 14.2. The highest BCUT2D eigenvalue weighted by Crippen LogP contribution is 2.40. The third kappa shape index (κ3) is 3.13. The number of hydrogen-bond acceptors (Lipinski definition) is 2. The van der Waals surface area contributed by atoms with Gasteiger partial charge in [0.2, 0.25) is 0 Å². The molecule has 1 aliphatic heterocycles. The molecule has 0 unspecified atom stereocenters. The molecule has 1 fully saturated rings. The van der Waals surface area contributed by atoms with Crippen molar-refractivity contribution in [1.29, 1.82) is 0 Å². The minimum atomic E-state index is 0.317. The lowest BCUT2D eigenvalue weighted by Crippen LogP contribution is -2.46. The van der Waals surface area contributed by atoms with Gasteiger partial charge in [0.15, 0.2) is 0 Å². The first-order valence-electron chi connectivity index (χ1n) is 8.46. The molecule has 0 aromatic heterocycles. The van der Waals surface area contributed by atoms with Gasteiger partial charge in [0, 0.05) is 12.1 Å². The van der Waals surface area contributed by atoms with Crippen molar-refractivity contribution in [2.75, 3.05) is 12.0 Å². The van der Waals surface area contributed by atoms with Crippen molar-refractivity contribution in [1.82, 2.24) is 0 Å². The Kier molecular flexibility index (Phi) is 4.21. The van der Waals surface area contributed by atoms with Gasteiger partial charge in [0.1, 0.15) is 11.6 Å². The normalized spacial score (nSPS) is 18.0. The van der Waals surface area contributed by atoms with Crippen molar-refractivity contribution in [2.24, 2.45) is 4.99 Å². The number of para-hydroxylation sites is 1. The van der Waals surface area contributed by atoms with Crippen molar-refractivity contribution in [2.45, 2.75) is 12.5 Å². The smallest absolute Gasteiger partial charge is 0.119 e. The Labute approximate surface area is 148 Å². The number of benzene rings is 3. The Balaban J connectivity index is 1.69. The Hall–Kier alpha value is -3.07. The molecule has 0 saturated carbocycles. The van der Waals surface area contributed by atoms with Gasteiger partial charge in [-0.15, -0.1) is 0 Å². The van der Waals surface area contributed by atoms with E-state index in [1.54, 1.807) is 7.11 Å². The van der Waals surface area contributed by atoms with Crippen molar-refractivity contribution >= 4 is 17.2 Å². The molecule has 1 saturated heterocycles. The first-order valence-corrected chi connectivity index (χ1v) is 8.46. The molecule has 3 nitrogen and oxygen atoms in total. The standard InChI is InChI=1S/C22H20N2O/c1-25-20-14-12-19(13-15-20)24-21(17-8-4-2-5-9-17)16-22(24)23-18-10-6-3-7-11-18/h2-15,21H,16H2,1H3/t21-/m1/s1. The lowest BCUT2D eigenvalue weighted by molar-refractivity contribution is 0.415. The number of ether oxygens (including phenoxy) is 1. The molecule has 3 aromatic carbocycles. The molecule has 0 aliphatic carbocycles. The van der Waals surface area contributed by atoms with Crippen molar-refractivity contribution in [3.63, 3.8) is 0 Å². The van der Waals surface area contributed by atoms with Gasteiger partial charge in [-0.3, -0.25) is 0 Å². The van der Waals surface area contributed by atoms with Crippen LogP contribution in [0.25, 0.3) is 0 Å². The summed E-state index contributed by atoms with van der Waals surface area (Å²) in [7, 11) is 1.69. The zero-order chi connectivity index (χ0) is 17.1. The number of hydrogen-bond donors (Lipinski definition) is 0. The fraction of sp³-hybridized carbons (Fsp3) is 0.136. The second-order valence-electron chi connectivity index (χ2n) is 6.06. The number of nitrogens with zero attached hydrogens (tertiary/aromatic N) is 2. The Morgan fingerprint density at radius 3 is 2.12 bits per heavy atom. The van der Waals surface area contributed by atoms with Crippen LogP contribution < -0.4 is 9.64 Å². The first-order chi connectivity index (χ1) is 12.3. The summed E-state index contributed by atoms with van der Waals surface area (Å²) in [4.78, 5) is 7.16. The van der Waals surface area contributed by atoms with Crippen LogP contribution in [0.1, 0.15) is 18.0 Å². The van der Waals surface area contributed by atoms with E-state index in [1.165, 1.54) is 5.56 Å². The maximum atomic E-state index is 5.29. The molecule has 1 aliphatic rings. The van der Waals surface area contributed by atoms with Gasteiger partial charge in [-0.1, -0.05) is 48.5 Å². The molecule has 3 heteroatoms. The van der Waals surface area contributed by atoms with Crippen LogP contribution in [-0.2, 0) is 0 Å². The van der Waals surface area contributed by atoms with E-state index in [0.29, 0.717) is 6.04 Å². The van der Waals surface area contributed by atoms with Crippen LogP contribution in [0.5, 0.6) is 5.75 Å². The summed E-state index contributed by atoms with van der Waals surface area (Å²) in [6, 6.07) is 29.2. The third-order valence-electron chi connectivity index (χ3n) is 4.51. The molecule has 1 heterocycles. The molecule has 0 spiro atoms. The maximum Gasteiger partial charge on any atom is 0.119 e. The summed E-state index contributed by atoms with van der Waals surface area (Å²) in [5.74, 6) is 1.95. The maximum absolute atomic E-state index is 5.29. The molecule has 25 heavy (non-hydrogen) atoms. The highest BCUT2D eigenvalue weighted by Gasteiger charge is 2.36. The molecule has 0 N–H and O–H groups in total. The van der Waals surface area contributed by atoms with Crippen molar-refractivity contribution in [3.05, 3.63) is 90.5 Å². The molecular formula is C22H20N2O. The second kappa shape index (κ2) is 6.81. The molecular weight excluding hydrogens is 308 g/mol. The molecule has 0 radical (unpaired) electrons. The molecule has 4 rings (SSSR count). The van der Waals surface area contributed by atoms with E-state index in [2.05, 4.69) is 47.4 Å². The van der Waals surface area contributed by atoms with Gasteiger partial charge < -0.3 is 9.64 Å². The lowest BCUT2D eigenvalue weighted by Gasteiger charge is -2.44. The Morgan fingerprint density at radius 1 is 0.840 bits per heavy atom. The quantitative estimate of drug-likeness (QED) is 0.642. The Bertz CT molecular complexity index is 858. The monoisotopic (exact) mass is 328 g/mol. The van der Waals surface area contributed by atoms with Crippen LogP contribution >= 0.6 is 0 Å². The van der Waals surface area contributed by atoms with Crippen LogP contribution in [-0.4, -0.2) is 12.9 Å². The molecule has 3 aromatic rings. The number of methoxy groups -OCH3 is 1. The summed E-state index contributed by atoms with van der Waals surface area (Å²) in [5, 5.41) is 0. The SMILES string of the molecule is COc1ccc(N2C(=Nc3ccccc3)C[C@@H]2c2ccccc2)cc1. The van der Waals surface area contributed by atoms with E-state index in [0.717, 1.165) is 29.4 Å². The van der Waals surface area contributed by atoms with E-state index < -0.39 is 0 Å². The first kappa shape index (κ1) is 15.5. The average Bonchev–Trinajstić information content (AvgIpc) is 2.67. The summed E-state index contributed by atoms with van der Waals surface area (Å²) in [6.45, 7) is 0. The molecule has 124 valence electrons. The fourth-order valence-corrected chi connectivity index (χ4v) is 3.19. The highest BCUT2D eigenvalue weighted by atomic mass is 16.5. The average molecular weight is 328 g/mol. The summed E-state index contributed by atoms with van der Waals surface area (Å²) in [5.41, 5.74) is 3.43. The topological polar surface area (TPSA) is 24.8 Å². The number of anilines is 1. The second-order valence-corrected chi connectivity index (χ2v) is 6.06. The largest absolute Gasteiger partial charge is 0.497 e. The van der Waals surface area contributed by atoms with Crippen molar-refractivity contribution < 1.29 is 4.74 Å². The minimum Gasteiger partial charge on any atom is -0.497 e. The van der Waals surface area contributed by atoms with Gasteiger partial charge in [0.25, 0.3) is 0 Å². The van der Waals surface area contributed by atoms with E-state index in [1.807, 2.05) is 42.5 Å². The minimum absolute atomic E-state index is 0.317. The Morgan fingerprint density at radius 2 is 1.48 bits per heavy atom. The van der Waals surface area contributed by atoms with E-state index >= 15 is 0 Å². The van der Waals surface area contributed by atoms with Gasteiger partial charge >= 0.3 is 0 Å². The predicted molar refractivity (Wildman–Crippen MR) is 103 cm³/mol. The highest BCUT2D eigenvalue weighted by molar-refractivity contribution is 6.06. The lowest BCUT2D eigenvalue weighted by atomic mass is 9.92. The van der Waals surface area contributed by atoms with Crippen LogP contribution in [0, 0.1) is 0 Å². The van der Waals surface area contributed by atoms with E-state index in [-0.39, 0.29) is 0 Å². The van der Waals surface area contributed by atoms with E-state index in [9.17, 15) is 0 Å².